The number of aromatic amines is 1. The quantitative estimate of drug-likeness (QED) is 0.525. The van der Waals surface area contributed by atoms with E-state index in [0.29, 0.717) is 6.61 Å². The predicted molar refractivity (Wildman–Crippen MR) is 120 cm³/mol. The summed E-state index contributed by atoms with van der Waals surface area (Å²) in [5, 5.41) is 1.04. The molecule has 0 atom stereocenters. The Hall–Kier alpha value is -1.81. The Morgan fingerprint density at radius 1 is 1.00 bits per heavy atom. The van der Waals surface area contributed by atoms with Gasteiger partial charge in [-0.05, 0) is 63.2 Å². The van der Waals surface area contributed by atoms with Crippen LogP contribution in [0.25, 0.3) is 10.9 Å². The van der Waals surface area contributed by atoms with Gasteiger partial charge in [0.1, 0.15) is 5.75 Å². The molecule has 4 nitrogen and oxygen atoms in total. The Balaban J connectivity index is 1.38. The van der Waals surface area contributed by atoms with Gasteiger partial charge in [0.25, 0.3) is 5.56 Å². The van der Waals surface area contributed by atoms with Gasteiger partial charge in [-0.1, -0.05) is 50.7 Å². The Morgan fingerprint density at radius 3 is 2.66 bits per heavy atom. The summed E-state index contributed by atoms with van der Waals surface area (Å²) < 4.78 is 6.28. The second-order valence-electron chi connectivity index (χ2n) is 8.95. The molecule has 1 saturated heterocycles. The van der Waals surface area contributed by atoms with Crippen molar-refractivity contribution in [2.75, 3.05) is 26.2 Å². The van der Waals surface area contributed by atoms with Crippen LogP contribution in [0.1, 0.15) is 69.8 Å². The van der Waals surface area contributed by atoms with Crippen LogP contribution in [-0.4, -0.2) is 36.1 Å². The van der Waals surface area contributed by atoms with Crippen molar-refractivity contribution in [2.24, 2.45) is 5.92 Å². The fourth-order valence-electron chi connectivity index (χ4n) is 4.61. The van der Waals surface area contributed by atoms with Gasteiger partial charge in [0, 0.05) is 11.9 Å². The Kier molecular flexibility index (Phi) is 7.26. The van der Waals surface area contributed by atoms with Crippen LogP contribution in [0.4, 0.5) is 0 Å². The maximum absolute atomic E-state index is 12.8. The third kappa shape index (κ3) is 5.85. The molecule has 2 aliphatic rings. The molecule has 29 heavy (non-hydrogen) atoms. The molecule has 0 amide bonds. The van der Waals surface area contributed by atoms with Gasteiger partial charge in [-0.25, -0.2) is 0 Å². The molecule has 0 bridgehead atoms. The van der Waals surface area contributed by atoms with E-state index in [9.17, 15) is 4.79 Å². The van der Waals surface area contributed by atoms with Crippen molar-refractivity contribution in [3.63, 3.8) is 0 Å². The summed E-state index contributed by atoms with van der Waals surface area (Å²) in [6.45, 7) is 4.22. The van der Waals surface area contributed by atoms with Gasteiger partial charge >= 0.3 is 0 Å². The number of para-hydroxylation sites is 1. The standard InChI is InChI=1S/C25H36N2O2/c28-25-22(12-4-1-3-10-20-14-15-20)24(21-11-5-6-13-23(21)26-25)29-19-9-18-27-16-7-2-8-17-27/h5-6,11,13,20H,1-4,7-10,12,14-19H2,(H,26,28). The van der Waals surface area contributed by atoms with Crippen molar-refractivity contribution in [3.8, 4) is 5.75 Å². The molecule has 2 fully saturated rings. The number of aromatic nitrogens is 1. The highest BCUT2D eigenvalue weighted by Gasteiger charge is 2.20. The van der Waals surface area contributed by atoms with Crippen LogP contribution in [0.5, 0.6) is 5.75 Å². The summed E-state index contributed by atoms with van der Waals surface area (Å²) in [4.78, 5) is 18.4. The number of benzene rings is 1. The van der Waals surface area contributed by atoms with Crippen molar-refractivity contribution < 1.29 is 4.74 Å². The maximum atomic E-state index is 12.8. The van der Waals surface area contributed by atoms with E-state index in [2.05, 4.69) is 16.0 Å². The highest BCUT2D eigenvalue weighted by molar-refractivity contribution is 5.86. The molecule has 2 heterocycles. The normalized spacial score (nSPS) is 17.7. The monoisotopic (exact) mass is 396 g/mol. The summed E-state index contributed by atoms with van der Waals surface area (Å²) in [7, 11) is 0. The molecule has 0 radical (unpaired) electrons. The summed E-state index contributed by atoms with van der Waals surface area (Å²) in [6.07, 6.45) is 13.6. The first kappa shape index (κ1) is 20.5. The lowest BCUT2D eigenvalue weighted by molar-refractivity contribution is 0.205. The zero-order valence-corrected chi connectivity index (χ0v) is 17.8. The van der Waals surface area contributed by atoms with Crippen LogP contribution in [-0.2, 0) is 6.42 Å². The molecule has 0 spiro atoms. The van der Waals surface area contributed by atoms with Gasteiger partial charge in [0.05, 0.1) is 17.7 Å². The van der Waals surface area contributed by atoms with E-state index in [1.54, 1.807) is 0 Å². The number of fused-ring (bicyclic) bond motifs is 1. The Morgan fingerprint density at radius 2 is 1.83 bits per heavy atom. The summed E-state index contributed by atoms with van der Waals surface area (Å²) in [5.74, 6) is 1.82. The second kappa shape index (κ2) is 10.3. The number of nitrogens with one attached hydrogen (secondary N) is 1. The van der Waals surface area contributed by atoms with E-state index in [0.717, 1.165) is 53.9 Å². The first-order valence-corrected chi connectivity index (χ1v) is 11.8. The van der Waals surface area contributed by atoms with Crippen molar-refractivity contribution in [3.05, 3.63) is 40.2 Å². The van der Waals surface area contributed by atoms with Crippen molar-refractivity contribution in [1.29, 1.82) is 0 Å². The van der Waals surface area contributed by atoms with Crippen LogP contribution in [0, 0.1) is 5.92 Å². The van der Waals surface area contributed by atoms with E-state index in [4.69, 9.17) is 4.74 Å². The number of H-pyrrole nitrogens is 1. The van der Waals surface area contributed by atoms with Gasteiger partial charge in [-0.3, -0.25) is 4.79 Å². The van der Waals surface area contributed by atoms with Crippen LogP contribution in [0.3, 0.4) is 0 Å². The van der Waals surface area contributed by atoms with E-state index in [1.165, 1.54) is 64.5 Å². The molecular formula is C25H36N2O2. The number of pyridine rings is 1. The number of nitrogens with zero attached hydrogens (tertiary/aromatic N) is 1. The van der Waals surface area contributed by atoms with Gasteiger partial charge in [-0.15, -0.1) is 0 Å². The lowest BCUT2D eigenvalue weighted by Gasteiger charge is -2.26. The highest BCUT2D eigenvalue weighted by atomic mass is 16.5. The van der Waals surface area contributed by atoms with E-state index in [-0.39, 0.29) is 5.56 Å². The average molecular weight is 397 g/mol. The maximum Gasteiger partial charge on any atom is 0.255 e. The fourth-order valence-corrected chi connectivity index (χ4v) is 4.61. The van der Waals surface area contributed by atoms with Crippen molar-refractivity contribution >= 4 is 10.9 Å². The largest absolute Gasteiger partial charge is 0.492 e. The first-order valence-electron chi connectivity index (χ1n) is 11.8. The molecule has 1 aromatic carbocycles. The summed E-state index contributed by atoms with van der Waals surface area (Å²) in [6, 6.07) is 8.04. The van der Waals surface area contributed by atoms with E-state index in [1.807, 2.05) is 18.2 Å². The predicted octanol–water partition coefficient (Wildman–Crippen LogP) is 5.30. The molecule has 4 heteroatoms. The SMILES string of the molecule is O=c1[nH]c2ccccc2c(OCCCN2CCCCC2)c1CCCCCC1CC1. The van der Waals surface area contributed by atoms with Crippen LogP contribution in [0.15, 0.2) is 29.1 Å². The molecule has 2 aromatic rings. The summed E-state index contributed by atoms with van der Waals surface area (Å²) in [5.41, 5.74) is 1.74. The smallest absolute Gasteiger partial charge is 0.255 e. The number of unbranched alkanes of at least 4 members (excludes halogenated alkanes) is 2. The zero-order chi connectivity index (χ0) is 19.9. The van der Waals surface area contributed by atoms with Crippen molar-refractivity contribution in [2.45, 2.75) is 70.6 Å². The zero-order valence-electron chi connectivity index (χ0n) is 17.8. The average Bonchev–Trinajstić information content (AvgIpc) is 3.57. The number of hydrogen-bond donors (Lipinski definition) is 1. The minimum atomic E-state index is 0.0249. The number of likely N-dealkylation sites (tertiary alicyclic amines) is 1. The van der Waals surface area contributed by atoms with Crippen LogP contribution >= 0.6 is 0 Å². The molecule has 158 valence electrons. The third-order valence-electron chi connectivity index (χ3n) is 6.52. The molecule has 4 rings (SSSR count). The molecule has 1 aliphatic carbocycles. The van der Waals surface area contributed by atoms with Gasteiger partial charge in [-0.2, -0.15) is 0 Å². The first-order chi connectivity index (χ1) is 14.3. The minimum Gasteiger partial charge on any atom is -0.492 e. The number of piperidine rings is 1. The minimum absolute atomic E-state index is 0.0249. The molecule has 1 N–H and O–H groups in total. The number of hydrogen-bond acceptors (Lipinski definition) is 3. The fraction of sp³-hybridized carbons (Fsp3) is 0.640. The summed E-state index contributed by atoms with van der Waals surface area (Å²) >= 11 is 0. The van der Waals surface area contributed by atoms with E-state index >= 15 is 0 Å². The van der Waals surface area contributed by atoms with Gasteiger partial charge in [0.2, 0.25) is 0 Å². The van der Waals surface area contributed by atoms with Crippen molar-refractivity contribution in [1.82, 2.24) is 9.88 Å². The van der Waals surface area contributed by atoms with Crippen LogP contribution in [0.2, 0.25) is 0 Å². The van der Waals surface area contributed by atoms with E-state index < -0.39 is 0 Å². The molecule has 0 unspecified atom stereocenters. The molecule has 1 saturated carbocycles. The number of ether oxygens (including phenoxy) is 1. The van der Waals surface area contributed by atoms with Gasteiger partial charge in [0.15, 0.2) is 0 Å². The molecule has 1 aliphatic heterocycles. The highest BCUT2D eigenvalue weighted by Crippen LogP contribution is 2.34. The second-order valence-corrected chi connectivity index (χ2v) is 8.95. The Bertz CT molecular complexity index is 834. The molecular weight excluding hydrogens is 360 g/mol. The lowest BCUT2D eigenvalue weighted by Crippen LogP contribution is -2.31. The molecule has 1 aromatic heterocycles. The third-order valence-corrected chi connectivity index (χ3v) is 6.52. The van der Waals surface area contributed by atoms with Gasteiger partial charge < -0.3 is 14.6 Å². The lowest BCUT2D eigenvalue weighted by atomic mass is 10.0. The Labute approximate surface area is 174 Å². The van der Waals surface area contributed by atoms with Crippen LogP contribution < -0.4 is 10.3 Å². The topological polar surface area (TPSA) is 45.3 Å². The number of rotatable bonds is 11.